The lowest BCUT2D eigenvalue weighted by Crippen LogP contribution is -2.54. The monoisotopic (exact) mass is 240 g/mol. The maximum Gasteiger partial charge on any atom is 0.231 e. The summed E-state index contributed by atoms with van der Waals surface area (Å²) in [6.07, 6.45) is 5.40. The van der Waals surface area contributed by atoms with Crippen molar-refractivity contribution in [3.8, 4) is 0 Å². The maximum absolute atomic E-state index is 12.7. The van der Waals surface area contributed by atoms with E-state index in [2.05, 4.69) is 5.32 Å². The number of hydrogen-bond acceptors (Lipinski definition) is 3. The highest BCUT2D eigenvalue weighted by Gasteiger charge is 2.43. The Morgan fingerprint density at radius 1 is 1.41 bits per heavy atom. The lowest BCUT2D eigenvalue weighted by atomic mass is 9.77. The van der Waals surface area contributed by atoms with Gasteiger partial charge in [0.25, 0.3) is 0 Å². The van der Waals surface area contributed by atoms with Crippen LogP contribution in [0.15, 0.2) is 0 Å². The first-order chi connectivity index (χ1) is 8.19. The van der Waals surface area contributed by atoms with Gasteiger partial charge in [-0.1, -0.05) is 0 Å². The van der Waals surface area contributed by atoms with Gasteiger partial charge in [0.1, 0.15) is 0 Å². The van der Waals surface area contributed by atoms with E-state index in [-0.39, 0.29) is 5.41 Å². The minimum Gasteiger partial charge on any atom is -0.384 e. The molecule has 0 spiro atoms. The third-order valence-electron chi connectivity index (χ3n) is 4.38. The zero-order chi connectivity index (χ0) is 12.3. The molecule has 98 valence electrons. The molecule has 2 aliphatic rings. The van der Waals surface area contributed by atoms with Crippen LogP contribution in [0.2, 0.25) is 0 Å². The van der Waals surface area contributed by atoms with Crippen LogP contribution >= 0.6 is 0 Å². The highest BCUT2D eigenvalue weighted by atomic mass is 16.5. The summed E-state index contributed by atoms with van der Waals surface area (Å²) in [5.41, 5.74) is -0.273. The molecule has 1 aliphatic heterocycles. The van der Waals surface area contributed by atoms with Crippen LogP contribution in [0.3, 0.4) is 0 Å². The number of nitrogens with zero attached hydrogens (tertiary/aromatic N) is 1. The Balaban J connectivity index is 2.05. The highest BCUT2D eigenvalue weighted by molar-refractivity contribution is 5.83. The molecular formula is C13H24N2O2. The highest BCUT2D eigenvalue weighted by Crippen LogP contribution is 2.34. The topological polar surface area (TPSA) is 41.6 Å². The predicted octanol–water partition coefficient (Wildman–Crippen LogP) is 1.01. The number of nitrogens with one attached hydrogen (secondary N) is 1. The summed E-state index contributed by atoms with van der Waals surface area (Å²) < 4.78 is 5.31. The number of ether oxygens (including phenoxy) is 1. The van der Waals surface area contributed by atoms with Crippen molar-refractivity contribution in [1.29, 1.82) is 0 Å². The average Bonchev–Trinajstić information content (AvgIpc) is 2.27. The molecule has 2 fully saturated rings. The van der Waals surface area contributed by atoms with Crippen LogP contribution in [0, 0.1) is 5.41 Å². The van der Waals surface area contributed by atoms with Crippen molar-refractivity contribution >= 4 is 5.91 Å². The van der Waals surface area contributed by atoms with E-state index in [4.69, 9.17) is 4.74 Å². The van der Waals surface area contributed by atoms with Crippen LogP contribution < -0.4 is 5.32 Å². The van der Waals surface area contributed by atoms with Crippen LogP contribution in [0.1, 0.15) is 32.1 Å². The van der Waals surface area contributed by atoms with E-state index >= 15 is 0 Å². The Hall–Kier alpha value is -0.610. The van der Waals surface area contributed by atoms with Crippen molar-refractivity contribution in [2.45, 2.75) is 38.1 Å². The van der Waals surface area contributed by atoms with Crippen LogP contribution in [0.4, 0.5) is 0 Å². The SMILES string of the molecule is COCC1(C(=O)N(C)C2CCC2)CCNCC1. The van der Waals surface area contributed by atoms with Gasteiger partial charge in [0.2, 0.25) is 5.91 Å². The summed E-state index contributed by atoms with van der Waals surface area (Å²) >= 11 is 0. The Morgan fingerprint density at radius 2 is 2.06 bits per heavy atom. The fourth-order valence-electron chi connectivity index (χ4n) is 2.92. The zero-order valence-electron chi connectivity index (χ0n) is 11.0. The summed E-state index contributed by atoms with van der Waals surface area (Å²) in [7, 11) is 3.66. The van der Waals surface area contributed by atoms with E-state index in [1.165, 1.54) is 19.3 Å². The van der Waals surface area contributed by atoms with Crippen molar-refractivity contribution in [3.05, 3.63) is 0 Å². The van der Waals surface area contributed by atoms with E-state index in [1.807, 2.05) is 11.9 Å². The van der Waals surface area contributed by atoms with Gasteiger partial charge in [-0.25, -0.2) is 0 Å². The summed E-state index contributed by atoms with van der Waals surface area (Å²) in [5.74, 6) is 0.297. The fraction of sp³-hybridized carbons (Fsp3) is 0.923. The third kappa shape index (κ3) is 2.47. The second kappa shape index (κ2) is 5.36. The van der Waals surface area contributed by atoms with Crippen LogP contribution in [0.5, 0.6) is 0 Å². The first-order valence-electron chi connectivity index (χ1n) is 6.66. The summed E-state index contributed by atoms with van der Waals surface area (Å²) in [6, 6.07) is 0.478. The molecule has 0 atom stereocenters. The number of piperidine rings is 1. The number of rotatable bonds is 4. The van der Waals surface area contributed by atoms with Gasteiger partial charge in [-0.3, -0.25) is 4.79 Å². The first kappa shape index (κ1) is 12.8. The minimum absolute atomic E-state index is 0.273. The van der Waals surface area contributed by atoms with E-state index in [0.29, 0.717) is 18.6 Å². The Kier molecular flexibility index (Phi) is 4.05. The average molecular weight is 240 g/mol. The van der Waals surface area contributed by atoms with Gasteiger partial charge in [-0.05, 0) is 45.2 Å². The Labute approximate surface area is 104 Å². The number of carbonyl (C=O) groups excluding carboxylic acids is 1. The lowest BCUT2D eigenvalue weighted by Gasteiger charge is -2.43. The Morgan fingerprint density at radius 3 is 2.53 bits per heavy atom. The zero-order valence-corrected chi connectivity index (χ0v) is 11.0. The van der Waals surface area contributed by atoms with Crippen molar-refractivity contribution in [2.24, 2.45) is 5.41 Å². The lowest BCUT2D eigenvalue weighted by molar-refractivity contribution is -0.150. The van der Waals surface area contributed by atoms with Gasteiger partial charge in [0.15, 0.2) is 0 Å². The number of carbonyl (C=O) groups is 1. The molecule has 2 rings (SSSR count). The molecule has 1 saturated heterocycles. The molecule has 0 bridgehead atoms. The molecule has 0 radical (unpaired) electrons. The predicted molar refractivity (Wildman–Crippen MR) is 66.8 cm³/mol. The van der Waals surface area contributed by atoms with Crippen molar-refractivity contribution < 1.29 is 9.53 Å². The molecule has 0 aromatic heterocycles. The molecular weight excluding hydrogens is 216 g/mol. The second-order valence-electron chi connectivity index (χ2n) is 5.46. The second-order valence-corrected chi connectivity index (χ2v) is 5.46. The van der Waals surface area contributed by atoms with Crippen molar-refractivity contribution in [3.63, 3.8) is 0 Å². The van der Waals surface area contributed by atoms with Crippen molar-refractivity contribution in [1.82, 2.24) is 10.2 Å². The molecule has 0 aromatic carbocycles. The maximum atomic E-state index is 12.7. The normalized spacial score (nSPS) is 24.1. The van der Waals surface area contributed by atoms with Gasteiger partial charge >= 0.3 is 0 Å². The fourth-order valence-corrected chi connectivity index (χ4v) is 2.92. The third-order valence-corrected chi connectivity index (χ3v) is 4.38. The Bertz CT molecular complexity index is 265. The standard InChI is InChI=1S/C13H24N2O2/c1-15(11-4-3-5-11)12(16)13(10-17-2)6-8-14-9-7-13/h11,14H,3-10H2,1-2H3. The summed E-state index contributed by atoms with van der Waals surface area (Å²) in [5, 5.41) is 3.32. The molecule has 4 heteroatoms. The number of amides is 1. The number of hydrogen-bond donors (Lipinski definition) is 1. The van der Waals surface area contributed by atoms with E-state index in [1.54, 1.807) is 7.11 Å². The quantitative estimate of drug-likeness (QED) is 0.797. The molecule has 0 unspecified atom stereocenters. The number of methoxy groups -OCH3 is 1. The van der Waals surface area contributed by atoms with Crippen LogP contribution in [-0.4, -0.2) is 50.7 Å². The minimum atomic E-state index is -0.273. The van der Waals surface area contributed by atoms with Crippen LogP contribution in [0.25, 0.3) is 0 Å². The van der Waals surface area contributed by atoms with Gasteiger partial charge in [-0.15, -0.1) is 0 Å². The van der Waals surface area contributed by atoms with E-state index in [0.717, 1.165) is 25.9 Å². The van der Waals surface area contributed by atoms with Crippen molar-refractivity contribution in [2.75, 3.05) is 33.9 Å². The smallest absolute Gasteiger partial charge is 0.231 e. The van der Waals surface area contributed by atoms with Gasteiger partial charge in [0, 0.05) is 20.2 Å². The summed E-state index contributed by atoms with van der Waals surface area (Å²) in [6.45, 7) is 2.41. The molecule has 4 nitrogen and oxygen atoms in total. The van der Waals surface area contributed by atoms with E-state index < -0.39 is 0 Å². The molecule has 1 amide bonds. The molecule has 1 aliphatic carbocycles. The summed E-state index contributed by atoms with van der Waals surface area (Å²) in [4.78, 5) is 14.6. The largest absolute Gasteiger partial charge is 0.384 e. The molecule has 1 saturated carbocycles. The van der Waals surface area contributed by atoms with Gasteiger partial charge in [0.05, 0.1) is 12.0 Å². The van der Waals surface area contributed by atoms with E-state index in [9.17, 15) is 4.79 Å². The molecule has 0 aromatic rings. The molecule has 1 heterocycles. The molecule has 17 heavy (non-hydrogen) atoms. The van der Waals surface area contributed by atoms with Crippen LogP contribution in [-0.2, 0) is 9.53 Å². The first-order valence-corrected chi connectivity index (χ1v) is 6.66. The van der Waals surface area contributed by atoms with Gasteiger partial charge < -0.3 is 15.0 Å². The van der Waals surface area contributed by atoms with Gasteiger partial charge in [-0.2, -0.15) is 0 Å². The molecule has 1 N–H and O–H groups in total.